The number of rotatable bonds is 6. The van der Waals surface area contributed by atoms with Gasteiger partial charge in [0.1, 0.15) is 5.75 Å². The van der Waals surface area contributed by atoms with Crippen LogP contribution in [0, 0.1) is 12.8 Å². The molecule has 1 aromatic carbocycles. The van der Waals surface area contributed by atoms with Crippen LogP contribution >= 0.6 is 0 Å². The molecule has 24 heavy (non-hydrogen) atoms. The van der Waals surface area contributed by atoms with Gasteiger partial charge in [-0.25, -0.2) is 8.42 Å². The number of aryl methyl sites for hydroxylation is 1. The number of methoxy groups -OCH3 is 1. The van der Waals surface area contributed by atoms with Crippen molar-refractivity contribution < 1.29 is 23.1 Å². The van der Waals surface area contributed by atoms with E-state index in [4.69, 9.17) is 9.84 Å². The number of benzene rings is 1. The number of aliphatic hydroxyl groups is 1. The van der Waals surface area contributed by atoms with E-state index in [1.165, 1.54) is 17.5 Å². The van der Waals surface area contributed by atoms with Crippen molar-refractivity contribution in [1.82, 2.24) is 9.62 Å². The second kappa shape index (κ2) is 7.96. The highest BCUT2D eigenvalue weighted by molar-refractivity contribution is 7.89. The summed E-state index contributed by atoms with van der Waals surface area (Å²) in [4.78, 5) is 12.2. The summed E-state index contributed by atoms with van der Waals surface area (Å²) in [5.41, 5.74) is 0.743. The first-order valence-corrected chi connectivity index (χ1v) is 9.37. The number of hydrogen-bond acceptors (Lipinski definition) is 5. The van der Waals surface area contributed by atoms with Crippen LogP contribution in [0.5, 0.6) is 5.75 Å². The summed E-state index contributed by atoms with van der Waals surface area (Å²) in [5.74, 6) is 0.0307. The van der Waals surface area contributed by atoms with Gasteiger partial charge in [-0.1, -0.05) is 0 Å². The Kier molecular flexibility index (Phi) is 6.20. The molecule has 1 aliphatic heterocycles. The quantitative estimate of drug-likeness (QED) is 0.774. The molecule has 0 saturated carbocycles. The van der Waals surface area contributed by atoms with Crippen LogP contribution in [0.15, 0.2) is 23.1 Å². The molecule has 0 radical (unpaired) electrons. The van der Waals surface area contributed by atoms with Gasteiger partial charge in [0, 0.05) is 19.6 Å². The molecule has 1 atom stereocenters. The zero-order valence-corrected chi connectivity index (χ0v) is 14.8. The van der Waals surface area contributed by atoms with E-state index < -0.39 is 10.0 Å². The number of nitrogens with one attached hydrogen (secondary N) is 1. The SMILES string of the molecule is COc1ccc(S(=O)(=O)N2CCC[C@H](C(=O)NCCO)C2)cc1C. The predicted octanol–water partition coefficient (Wildman–Crippen LogP) is 0.513. The third-order valence-corrected chi connectivity index (χ3v) is 6.03. The van der Waals surface area contributed by atoms with Gasteiger partial charge >= 0.3 is 0 Å². The lowest BCUT2D eigenvalue weighted by Crippen LogP contribution is -2.45. The number of hydrogen-bond donors (Lipinski definition) is 2. The van der Waals surface area contributed by atoms with Crippen molar-refractivity contribution in [2.75, 3.05) is 33.4 Å². The summed E-state index contributed by atoms with van der Waals surface area (Å²) in [5, 5.41) is 11.4. The van der Waals surface area contributed by atoms with Crippen molar-refractivity contribution >= 4 is 15.9 Å². The fraction of sp³-hybridized carbons (Fsp3) is 0.562. The molecule has 2 rings (SSSR count). The number of aliphatic hydroxyl groups excluding tert-OH is 1. The van der Waals surface area contributed by atoms with Crippen LogP contribution < -0.4 is 10.1 Å². The Labute approximate surface area is 142 Å². The molecule has 134 valence electrons. The molecule has 2 N–H and O–H groups in total. The highest BCUT2D eigenvalue weighted by Gasteiger charge is 2.33. The molecular weight excluding hydrogens is 332 g/mol. The van der Waals surface area contributed by atoms with Gasteiger partial charge in [0.2, 0.25) is 15.9 Å². The van der Waals surface area contributed by atoms with Crippen LogP contribution in [0.4, 0.5) is 0 Å². The Balaban J connectivity index is 2.16. The van der Waals surface area contributed by atoms with E-state index in [1.807, 2.05) is 0 Å². The van der Waals surface area contributed by atoms with Gasteiger partial charge in [0.05, 0.1) is 24.5 Å². The standard InChI is InChI=1S/C16H24N2O5S/c1-12-10-14(5-6-15(12)23-2)24(21,22)18-8-3-4-13(11-18)16(20)17-7-9-19/h5-6,10,13,19H,3-4,7-9,11H2,1-2H3,(H,17,20)/t13-/m0/s1. The molecule has 1 aliphatic rings. The molecule has 1 heterocycles. The molecule has 0 unspecified atom stereocenters. The molecule has 0 aromatic heterocycles. The number of nitrogens with zero attached hydrogens (tertiary/aromatic N) is 1. The summed E-state index contributed by atoms with van der Waals surface area (Å²) < 4.78 is 32.2. The first-order chi connectivity index (χ1) is 11.4. The van der Waals surface area contributed by atoms with Crippen molar-refractivity contribution in [2.45, 2.75) is 24.7 Å². The minimum absolute atomic E-state index is 0.133. The van der Waals surface area contributed by atoms with Gasteiger partial charge in [0.15, 0.2) is 0 Å². The third-order valence-electron chi connectivity index (χ3n) is 4.17. The van der Waals surface area contributed by atoms with Crippen molar-refractivity contribution in [2.24, 2.45) is 5.92 Å². The van der Waals surface area contributed by atoms with E-state index >= 15 is 0 Å². The number of sulfonamides is 1. The average molecular weight is 356 g/mol. The van der Waals surface area contributed by atoms with Crippen molar-refractivity contribution in [1.29, 1.82) is 0 Å². The van der Waals surface area contributed by atoms with E-state index in [2.05, 4.69) is 5.32 Å². The molecule has 1 amide bonds. The lowest BCUT2D eigenvalue weighted by molar-refractivity contribution is -0.126. The number of piperidine rings is 1. The fourth-order valence-electron chi connectivity index (χ4n) is 2.86. The number of carbonyl (C=O) groups excluding carboxylic acids is 1. The topological polar surface area (TPSA) is 95.9 Å². The van der Waals surface area contributed by atoms with E-state index in [-0.39, 0.29) is 36.4 Å². The van der Waals surface area contributed by atoms with Gasteiger partial charge in [-0.15, -0.1) is 0 Å². The Hall–Kier alpha value is -1.64. The summed E-state index contributed by atoms with van der Waals surface area (Å²) in [6.07, 6.45) is 1.27. The Morgan fingerprint density at radius 2 is 2.21 bits per heavy atom. The van der Waals surface area contributed by atoms with Crippen LogP contribution in [0.3, 0.4) is 0 Å². The lowest BCUT2D eigenvalue weighted by atomic mass is 9.99. The predicted molar refractivity (Wildman–Crippen MR) is 89.3 cm³/mol. The third kappa shape index (κ3) is 4.06. The van der Waals surface area contributed by atoms with Crippen LogP contribution in [-0.2, 0) is 14.8 Å². The summed E-state index contributed by atoms with van der Waals surface area (Å²) >= 11 is 0. The summed E-state index contributed by atoms with van der Waals surface area (Å²) in [6.45, 7) is 2.40. The molecule has 7 nitrogen and oxygen atoms in total. The van der Waals surface area contributed by atoms with Gasteiger partial charge in [-0.05, 0) is 43.5 Å². The maximum absolute atomic E-state index is 12.8. The first-order valence-electron chi connectivity index (χ1n) is 7.93. The Morgan fingerprint density at radius 3 is 2.83 bits per heavy atom. The smallest absolute Gasteiger partial charge is 0.243 e. The molecule has 0 spiro atoms. The minimum Gasteiger partial charge on any atom is -0.496 e. The number of ether oxygens (including phenoxy) is 1. The summed E-state index contributed by atoms with van der Waals surface area (Å²) in [6, 6.07) is 4.75. The van der Waals surface area contributed by atoms with Gasteiger partial charge in [0.25, 0.3) is 0 Å². The van der Waals surface area contributed by atoms with Gasteiger partial charge in [-0.3, -0.25) is 4.79 Å². The van der Waals surface area contributed by atoms with Crippen molar-refractivity contribution in [3.05, 3.63) is 23.8 Å². The molecule has 0 aliphatic carbocycles. The van der Waals surface area contributed by atoms with Gasteiger partial charge < -0.3 is 15.2 Å². The van der Waals surface area contributed by atoms with Crippen LogP contribution in [0.2, 0.25) is 0 Å². The maximum atomic E-state index is 12.8. The minimum atomic E-state index is -3.65. The fourth-order valence-corrected chi connectivity index (χ4v) is 4.47. The molecule has 8 heteroatoms. The van der Waals surface area contributed by atoms with E-state index in [1.54, 1.807) is 19.1 Å². The van der Waals surface area contributed by atoms with Crippen LogP contribution in [0.1, 0.15) is 18.4 Å². The zero-order valence-electron chi connectivity index (χ0n) is 14.0. The number of carbonyl (C=O) groups is 1. The van der Waals surface area contributed by atoms with Crippen molar-refractivity contribution in [3.63, 3.8) is 0 Å². The largest absolute Gasteiger partial charge is 0.496 e. The molecule has 0 bridgehead atoms. The highest BCUT2D eigenvalue weighted by Crippen LogP contribution is 2.27. The van der Waals surface area contributed by atoms with Crippen LogP contribution in [-0.4, -0.2) is 57.1 Å². The van der Waals surface area contributed by atoms with E-state index in [0.29, 0.717) is 25.1 Å². The first kappa shape index (κ1) is 18.7. The lowest BCUT2D eigenvalue weighted by Gasteiger charge is -2.31. The van der Waals surface area contributed by atoms with Crippen molar-refractivity contribution in [3.8, 4) is 5.75 Å². The second-order valence-corrected chi connectivity index (χ2v) is 7.79. The zero-order chi connectivity index (χ0) is 17.7. The second-order valence-electron chi connectivity index (χ2n) is 5.85. The van der Waals surface area contributed by atoms with E-state index in [0.717, 1.165) is 5.56 Å². The summed E-state index contributed by atoms with van der Waals surface area (Å²) in [7, 11) is -2.11. The van der Waals surface area contributed by atoms with Gasteiger partial charge in [-0.2, -0.15) is 4.31 Å². The molecule has 1 saturated heterocycles. The van der Waals surface area contributed by atoms with E-state index in [9.17, 15) is 13.2 Å². The average Bonchev–Trinajstić information content (AvgIpc) is 2.59. The maximum Gasteiger partial charge on any atom is 0.243 e. The monoisotopic (exact) mass is 356 g/mol. The number of amides is 1. The normalized spacial score (nSPS) is 19.0. The Morgan fingerprint density at radius 1 is 1.46 bits per heavy atom. The molecular formula is C16H24N2O5S. The molecule has 1 aromatic rings. The Bertz CT molecular complexity index is 690. The molecule has 1 fully saturated rings. The van der Waals surface area contributed by atoms with Crippen LogP contribution in [0.25, 0.3) is 0 Å². The highest BCUT2D eigenvalue weighted by atomic mass is 32.2.